The number of aliphatic hydroxyl groups is 2. The highest BCUT2D eigenvalue weighted by Gasteiger charge is 2.09. The molecule has 30 heavy (non-hydrogen) atoms. The molecule has 1 rings (SSSR count). The molecule has 0 saturated carbocycles. The first-order valence-electron chi connectivity index (χ1n) is 11.2. The van der Waals surface area contributed by atoms with E-state index >= 15 is 0 Å². The third-order valence-electron chi connectivity index (χ3n) is 4.08. The lowest BCUT2D eigenvalue weighted by atomic mass is 10.0. The van der Waals surface area contributed by atoms with Gasteiger partial charge in [-0.05, 0) is 45.2 Å². The summed E-state index contributed by atoms with van der Waals surface area (Å²) in [6.45, 7) is 12.9. The second-order valence-electron chi connectivity index (χ2n) is 6.88. The molecular formula is C25H44O5. The van der Waals surface area contributed by atoms with Crippen LogP contribution in [-0.2, 0) is 16.0 Å². The van der Waals surface area contributed by atoms with Crippen molar-refractivity contribution in [3.63, 3.8) is 0 Å². The molecule has 0 atom stereocenters. The van der Waals surface area contributed by atoms with Crippen LogP contribution in [0.5, 0.6) is 5.75 Å². The summed E-state index contributed by atoms with van der Waals surface area (Å²) in [6.07, 6.45) is 9.98. The number of rotatable bonds is 13. The van der Waals surface area contributed by atoms with E-state index in [1.807, 2.05) is 38.1 Å². The summed E-state index contributed by atoms with van der Waals surface area (Å²) in [4.78, 5) is 11.6. The summed E-state index contributed by atoms with van der Waals surface area (Å²) in [7, 11) is 0. The van der Waals surface area contributed by atoms with E-state index in [1.54, 1.807) is 6.92 Å². The molecule has 1 aromatic carbocycles. The first-order chi connectivity index (χ1) is 14.5. The van der Waals surface area contributed by atoms with E-state index in [2.05, 4.69) is 13.5 Å². The van der Waals surface area contributed by atoms with E-state index in [1.165, 1.54) is 38.5 Å². The third kappa shape index (κ3) is 19.6. The van der Waals surface area contributed by atoms with Crippen LogP contribution in [0.1, 0.15) is 78.2 Å². The van der Waals surface area contributed by atoms with Crippen molar-refractivity contribution in [3.05, 3.63) is 42.0 Å². The maximum Gasteiger partial charge on any atom is 0.338 e. The lowest BCUT2D eigenvalue weighted by molar-refractivity contribution is -0.130. The van der Waals surface area contributed by atoms with Crippen LogP contribution in [0.15, 0.2) is 36.4 Å². The lowest BCUT2D eigenvalue weighted by Crippen LogP contribution is -2.09. The van der Waals surface area contributed by atoms with Crippen molar-refractivity contribution in [2.45, 2.75) is 79.1 Å². The first-order valence-corrected chi connectivity index (χ1v) is 11.2. The van der Waals surface area contributed by atoms with Crippen molar-refractivity contribution in [2.24, 2.45) is 0 Å². The van der Waals surface area contributed by atoms with Gasteiger partial charge in [0.2, 0.25) is 0 Å². The van der Waals surface area contributed by atoms with Crippen LogP contribution in [0.2, 0.25) is 0 Å². The van der Waals surface area contributed by atoms with Gasteiger partial charge in [-0.2, -0.15) is 0 Å². The van der Waals surface area contributed by atoms with Gasteiger partial charge in [-0.15, -0.1) is 0 Å². The first kappa shape index (κ1) is 30.5. The van der Waals surface area contributed by atoms with Crippen molar-refractivity contribution in [2.75, 3.05) is 26.4 Å². The van der Waals surface area contributed by atoms with Crippen LogP contribution in [0.3, 0.4) is 0 Å². The molecule has 0 radical (unpaired) electrons. The zero-order valence-corrected chi connectivity index (χ0v) is 19.6. The average Bonchev–Trinajstić information content (AvgIpc) is 2.75. The number of aryl methyl sites for hydroxylation is 1. The average molecular weight is 425 g/mol. The molecule has 5 heteroatoms. The topological polar surface area (TPSA) is 76.0 Å². The summed E-state index contributed by atoms with van der Waals surface area (Å²) >= 11 is 0. The Morgan fingerprint density at radius 2 is 1.43 bits per heavy atom. The largest absolute Gasteiger partial charge is 0.423 e. The molecule has 1 aromatic rings. The van der Waals surface area contributed by atoms with E-state index in [4.69, 9.17) is 19.7 Å². The van der Waals surface area contributed by atoms with Gasteiger partial charge in [0.1, 0.15) is 5.75 Å². The van der Waals surface area contributed by atoms with Gasteiger partial charge in [0.05, 0.1) is 13.2 Å². The Balaban J connectivity index is 0. The number of benzene rings is 1. The molecule has 0 aliphatic heterocycles. The molecule has 0 bridgehead atoms. The predicted molar refractivity (Wildman–Crippen MR) is 125 cm³/mol. The lowest BCUT2D eigenvalue weighted by Gasteiger charge is -2.10. The summed E-state index contributed by atoms with van der Waals surface area (Å²) < 4.78 is 10.2. The number of aliphatic hydroxyl groups excluding tert-OH is 2. The number of ether oxygens (including phenoxy) is 2. The molecule has 0 aliphatic carbocycles. The standard InChI is InChI=1S/C19H28O2.C4H10O.C2H6O2/c1-4-5-6-7-8-9-10-13-17-14-11-12-15-18(17)21-19(20)16(2)3;1-3-5-4-2;3-1-2-4/h11-12,14-15H,2,4-10,13H2,1,3H3;3-4H2,1-2H3;3-4H,1-2H2. The monoisotopic (exact) mass is 424 g/mol. The van der Waals surface area contributed by atoms with Crippen LogP contribution in [-0.4, -0.2) is 42.6 Å². The number of hydrogen-bond acceptors (Lipinski definition) is 5. The van der Waals surface area contributed by atoms with Gasteiger partial charge in [-0.25, -0.2) is 4.79 Å². The Morgan fingerprint density at radius 1 is 0.900 bits per heavy atom. The minimum atomic E-state index is -0.345. The van der Waals surface area contributed by atoms with Gasteiger partial charge >= 0.3 is 5.97 Å². The molecule has 0 unspecified atom stereocenters. The Morgan fingerprint density at radius 3 is 1.90 bits per heavy atom. The van der Waals surface area contributed by atoms with E-state index < -0.39 is 0 Å². The van der Waals surface area contributed by atoms with Gasteiger partial charge in [0.15, 0.2) is 0 Å². The second-order valence-corrected chi connectivity index (χ2v) is 6.88. The fraction of sp³-hybridized carbons (Fsp3) is 0.640. The summed E-state index contributed by atoms with van der Waals surface area (Å²) in [5.41, 5.74) is 1.54. The van der Waals surface area contributed by atoms with Gasteiger partial charge in [-0.3, -0.25) is 0 Å². The zero-order valence-electron chi connectivity index (χ0n) is 19.6. The Kier molecular flexibility index (Phi) is 24.0. The number of esters is 1. The number of para-hydroxylation sites is 1. The van der Waals surface area contributed by atoms with Gasteiger partial charge in [0.25, 0.3) is 0 Å². The second kappa shape index (κ2) is 23.6. The molecule has 0 aliphatic rings. The zero-order chi connectivity index (χ0) is 23.0. The van der Waals surface area contributed by atoms with Crippen LogP contribution in [0, 0.1) is 0 Å². The predicted octanol–water partition coefficient (Wildman–Crippen LogP) is 5.48. The van der Waals surface area contributed by atoms with E-state index in [0.717, 1.165) is 31.6 Å². The smallest absolute Gasteiger partial charge is 0.338 e. The molecule has 0 aromatic heterocycles. The van der Waals surface area contributed by atoms with Gasteiger partial charge < -0.3 is 19.7 Å². The minimum Gasteiger partial charge on any atom is -0.423 e. The fourth-order valence-electron chi connectivity index (χ4n) is 2.47. The number of hydrogen-bond donors (Lipinski definition) is 2. The molecule has 174 valence electrons. The van der Waals surface area contributed by atoms with Gasteiger partial charge in [0, 0.05) is 18.8 Å². The van der Waals surface area contributed by atoms with E-state index in [-0.39, 0.29) is 19.2 Å². The number of carbonyl (C=O) groups excluding carboxylic acids is 1. The van der Waals surface area contributed by atoms with Crippen LogP contribution >= 0.6 is 0 Å². The van der Waals surface area contributed by atoms with Gasteiger partial charge in [-0.1, -0.05) is 70.2 Å². The summed E-state index contributed by atoms with van der Waals surface area (Å²) in [6, 6.07) is 7.79. The van der Waals surface area contributed by atoms with E-state index in [9.17, 15) is 4.79 Å². The van der Waals surface area contributed by atoms with Crippen LogP contribution < -0.4 is 4.74 Å². The van der Waals surface area contributed by atoms with Crippen molar-refractivity contribution in [1.82, 2.24) is 0 Å². The summed E-state index contributed by atoms with van der Waals surface area (Å²) in [5.74, 6) is 0.332. The van der Waals surface area contributed by atoms with Crippen LogP contribution in [0.4, 0.5) is 0 Å². The highest BCUT2D eigenvalue weighted by Crippen LogP contribution is 2.21. The highest BCUT2D eigenvalue weighted by molar-refractivity contribution is 5.88. The van der Waals surface area contributed by atoms with E-state index in [0.29, 0.717) is 11.3 Å². The van der Waals surface area contributed by atoms with Crippen molar-refractivity contribution >= 4 is 5.97 Å². The van der Waals surface area contributed by atoms with Crippen LogP contribution in [0.25, 0.3) is 0 Å². The number of carbonyl (C=O) groups is 1. The molecular weight excluding hydrogens is 380 g/mol. The maximum absolute atomic E-state index is 11.6. The highest BCUT2D eigenvalue weighted by atomic mass is 16.5. The minimum absolute atomic E-state index is 0.125. The van der Waals surface area contributed by atoms with Crippen molar-refractivity contribution < 1.29 is 24.5 Å². The Hall–Kier alpha value is -1.69. The fourth-order valence-corrected chi connectivity index (χ4v) is 2.47. The quantitative estimate of drug-likeness (QED) is 0.190. The molecule has 5 nitrogen and oxygen atoms in total. The Labute approximate surface area is 184 Å². The molecule has 0 saturated heterocycles. The molecule has 2 N–H and O–H groups in total. The summed E-state index contributed by atoms with van der Waals surface area (Å²) in [5, 5.41) is 15.2. The number of unbranched alkanes of at least 4 members (excludes halogenated alkanes) is 6. The normalized spacial score (nSPS) is 9.67. The maximum atomic E-state index is 11.6. The molecule has 0 spiro atoms. The van der Waals surface area contributed by atoms with Crippen molar-refractivity contribution in [3.8, 4) is 5.75 Å². The molecule has 0 fully saturated rings. The molecule has 0 amide bonds. The molecule has 0 heterocycles. The van der Waals surface area contributed by atoms with Crippen molar-refractivity contribution in [1.29, 1.82) is 0 Å². The SMILES string of the molecule is C=C(C)C(=O)Oc1ccccc1CCCCCCCCC.CCOCC.OCCO. The third-order valence-corrected chi connectivity index (χ3v) is 4.08. The Bertz CT molecular complexity index is 524.